The lowest BCUT2D eigenvalue weighted by Crippen LogP contribution is -2.03. The van der Waals surface area contributed by atoms with E-state index in [1.807, 2.05) is 20.8 Å². The summed E-state index contributed by atoms with van der Waals surface area (Å²) < 4.78 is 4.55. The average molecular weight is 182 g/mol. The number of hydrogen-bond donors (Lipinski definition) is 1. The minimum atomic E-state index is -0.421. The Morgan fingerprint density at radius 1 is 1.54 bits per heavy atom. The van der Waals surface area contributed by atoms with E-state index in [0.29, 0.717) is 5.92 Å². The Morgan fingerprint density at radius 2 is 2.15 bits per heavy atom. The maximum absolute atomic E-state index is 11.1. The Labute approximate surface area is 77.3 Å². The van der Waals surface area contributed by atoms with Gasteiger partial charge in [-0.1, -0.05) is 13.8 Å². The molecule has 0 fully saturated rings. The summed E-state index contributed by atoms with van der Waals surface area (Å²) in [7, 11) is 1.34. The van der Waals surface area contributed by atoms with E-state index in [1.54, 1.807) is 0 Å². The molecule has 0 atom stereocenters. The van der Waals surface area contributed by atoms with Crippen molar-refractivity contribution < 1.29 is 9.53 Å². The quantitative estimate of drug-likeness (QED) is 0.707. The number of nitrogens with one attached hydrogen (secondary N) is 1. The molecule has 0 saturated carbocycles. The summed E-state index contributed by atoms with van der Waals surface area (Å²) in [6.45, 7) is 5.96. The molecule has 0 amide bonds. The number of esters is 1. The van der Waals surface area contributed by atoms with E-state index >= 15 is 0 Å². The van der Waals surface area contributed by atoms with E-state index in [4.69, 9.17) is 0 Å². The summed E-state index contributed by atoms with van der Waals surface area (Å²) in [5.74, 6) is 0.174. The van der Waals surface area contributed by atoms with Gasteiger partial charge in [-0.3, -0.25) is 0 Å². The predicted octanol–water partition coefficient (Wildman–Crippen LogP) is 1.63. The van der Waals surface area contributed by atoms with Crippen LogP contribution in [0.15, 0.2) is 0 Å². The highest BCUT2D eigenvalue weighted by Crippen LogP contribution is 2.16. The van der Waals surface area contributed by atoms with Gasteiger partial charge in [0.05, 0.1) is 12.8 Å². The third-order valence-corrected chi connectivity index (χ3v) is 1.85. The Kier molecular flexibility index (Phi) is 2.70. The summed E-state index contributed by atoms with van der Waals surface area (Å²) in [6, 6.07) is 0. The van der Waals surface area contributed by atoms with Crippen LogP contribution in [-0.2, 0) is 4.74 Å². The van der Waals surface area contributed by atoms with Crippen LogP contribution in [0.25, 0.3) is 0 Å². The Bertz CT molecular complexity index is 315. The van der Waals surface area contributed by atoms with Crippen LogP contribution in [0, 0.1) is 6.92 Å². The SMILES string of the molecule is COC(=O)c1nc(C(C)C)c(C)[nH]1. The number of carbonyl (C=O) groups excluding carboxylic acids is 1. The molecule has 0 radical (unpaired) electrons. The van der Waals surface area contributed by atoms with Gasteiger partial charge in [0.2, 0.25) is 5.82 Å². The first-order chi connectivity index (χ1) is 6.06. The number of imidazole rings is 1. The van der Waals surface area contributed by atoms with Crippen LogP contribution in [0.3, 0.4) is 0 Å². The second-order valence-corrected chi connectivity index (χ2v) is 3.24. The molecule has 0 aliphatic rings. The first-order valence-corrected chi connectivity index (χ1v) is 4.21. The maximum Gasteiger partial charge on any atom is 0.374 e. The fourth-order valence-corrected chi connectivity index (χ4v) is 1.23. The fourth-order valence-electron chi connectivity index (χ4n) is 1.23. The van der Waals surface area contributed by atoms with Gasteiger partial charge in [0, 0.05) is 5.69 Å². The first kappa shape index (κ1) is 9.77. The van der Waals surface area contributed by atoms with Gasteiger partial charge in [-0.25, -0.2) is 9.78 Å². The Balaban J connectivity index is 3.02. The molecule has 13 heavy (non-hydrogen) atoms. The molecule has 1 aromatic heterocycles. The molecule has 0 aromatic carbocycles. The van der Waals surface area contributed by atoms with E-state index in [-0.39, 0.29) is 5.82 Å². The summed E-state index contributed by atoms with van der Waals surface area (Å²) in [5, 5.41) is 0. The van der Waals surface area contributed by atoms with Gasteiger partial charge in [-0.05, 0) is 12.8 Å². The van der Waals surface area contributed by atoms with Crippen LogP contribution in [-0.4, -0.2) is 23.0 Å². The third-order valence-electron chi connectivity index (χ3n) is 1.85. The van der Waals surface area contributed by atoms with Gasteiger partial charge >= 0.3 is 5.97 Å². The van der Waals surface area contributed by atoms with Crippen molar-refractivity contribution in [1.29, 1.82) is 0 Å². The molecule has 0 spiro atoms. The number of methoxy groups -OCH3 is 1. The topological polar surface area (TPSA) is 55.0 Å². The van der Waals surface area contributed by atoms with Crippen LogP contribution in [0.4, 0.5) is 0 Å². The fraction of sp³-hybridized carbons (Fsp3) is 0.556. The first-order valence-electron chi connectivity index (χ1n) is 4.21. The molecule has 4 heteroatoms. The van der Waals surface area contributed by atoms with E-state index in [1.165, 1.54) is 7.11 Å². The number of aromatic amines is 1. The molecular formula is C9H14N2O2. The second kappa shape index (κ2) is 3.60. The molecule has 0 unspecified atom stereocenters. The van der Waals surface area contributed by atoms with Crippen LogP contribution >= 0.6 is 0 Å². The van der Waals surface area contributed by atoms with E-state index < -0.39 is 5.97 Å². The molecule has 4 nitrogen and oxygen atoms in total. The van der Waals surface area contributed by atoms with Gasteiger partial charge in [0.1, 0.15) is 0 Å². The number of aromatic nitrogens is 2. The van der Waals surface area contributed by atoms with Crippen LogP contribution in [0.2, 0.25) is 0 Å². The lowest BCUT2D eigenvalue weighted by atomic mass is 10.1. The van der Waals surface area contributed by atoms with Crippen molar-refractivity contribution in [2.45, 2.75) is 26.7 Å². The molecular weight excluding hydrogens is 168 g/mol. The minimum absolute atomic E-state index is 0.281. The largest absolute Gasteiger partial charge is 0.463 e. The lowest BCUT2D eigenvalue weighted by molar-refractivity contribution is 0.0587. The molecule has 1 rings (SSSR count). The summed E-state index contributed by atoms with van der Waals surface area (Å²) in [4.78, 5) is 18.1. The van der Waals surface area contributed by atoms with Gasteiger partial charge in [0.15, 0.2) is 0 Å². The number of aryl methyl sites for hydroxylation is 1. The maximum atomic E-state index is 11.1. The van der Waals surface area contributed by atoms with Crippen molar-refractivity contribution in [3.05, 3.63) is 17.2 Å². The number of hydrogen-bond acceptors (Lipinski definition) is 3. The van der Waals surface area contributed by atoms with E-state index in [2.05, 4.69) is 14.7 Å². The Hall–Kier alpha value is -1.32. The van der Waals surface area contributed by atoms with E-state index in [9.17, 15) is 4.79 Å². The minimum Gasteiger partial charge on any atom is -0.463 e. The Morgan fingerprint density at radius 3 is 2.54 bits per heavy atom. The van der Waals surface area contributed by atoms with Crippen LogP contribution in [0.1, 0.15) is 41.8 Å². The van der Waals surface area contributed by atoms with Crippen molar-refractivity contribution in [2.75, 3.05) is 7.11 Å². The molecule has 0 aliphatic heterocycles. The van der Waals surface area contributed by atoms with Gasteiger partial charge in [-0.2, -0.15) is 0 Å². The number of carbonyl (C=O) groups is 1. The van der Waals surface area contributed by atoms with Crippen LogP contribution in [0.5, 0.6) is 0 Å². The molecule has 1 aromatic rings. The van der Waals surface area contributed by atoms with Crippen molar-refractivity contribution in [3.63, 3.8) is 0 Å². The standard InChI is InChI=1S/C9H14N2O2/c1-5(2)7-6(3)10-8(11-7)9(12)13-4/h5H,1-4H3,(H,10,11). The summed E-state index contributed by atoms with van der Waals surface area (Å²) in [6.07, 6.45) is 0. The van der Waals surface area contributed by atoms with Crippen molar-refractivity contribution in [2.24, 2.45) is 0 Å². The van der Waals surface area contributed by atoms with Crippen molar-refractivity contribution in [3.8, 4) is 0 Å². The smallest absolute Gasteiger partial charge is 0.374 e. The second-order valence-electron chi connectivity index (χ2n) is 3.24. The van der Waals surface area contributed by atoms with Crippen molar-refractivity contribution >= 4 is 5.97 Å². The monoisotopic (exact) mass is 182 g/mol. The number of nitrogens with zero attached hydrogens (tertiary/aromatic N) is 1. The number of ether oxygens (including phenoxy) is 1. The molecule has 1 N–H and O–H groups in total. The van der Waals surface area contributed by atoms with E-state index in [0.717, 1.165) is 11.4 Å². The highest BCUT2D eigenvalue weighted by molar-refractivity contribution is 5.85. The molecule has 0 aliphatic carbocycles. The zero-order chi connectivity index (χ0) is 10.0. The zero-order valence-corrected chi connectivity index (χ0v) is 8.34. The molecule has 1 heterocycles. The normalized spacial score (nSPS) is 10.5. The van der Waals surface area contributed by atoms with Crippen molar-refractivity contribution in [1.82, 2.24) is 9.97 Å². The third kappa shape index (κ3) is 1.88. The summed E-state index contributed by atoms with van der Waals surface area (Å²) >= 11 is 0. The molecule has 0 saturated heterocycles. The summed E-state index contributed by atoms with van der Waals surface area (Å²) in [5.41, 5.74) is 1.84. The number of H-pyrrole nitrogens is 1. The van der Waals surface area contributed by atoms with Gasteiger partial charge in [0.25, 0.3) is 0 Å². The zero-order valence-electron chi connectivity index (χ0n) is 8.34. The molecule has 0 bridgehead atoms. The van der Waals surface area contributed by atoms with Gasteiger partial charge < -0.3 is 9.72 Å². The van der Waals surface area contributed by atoms with Gasteiger partial charge in [-0.15, -0.1) is 0 Å². The number of rotatable bonds is 2. The lowest BCUT2D eigenvalue weighted by Gasteiger charge is -1.99. The highest BCUT2D eigenvalue weighted by Gasteiger charge is 2.15. The predicted molar refractivity (Wildman–Crippen MR) is 48.8 cm³/mol. The molecule has 72 valence electrons. The highest BCUT2D eigenvalue weighted by atomic mass is 16.5. The average Bonchev–Trinajstić information content (AvgIpc) is 2.46. The van der Waals surface area contributed by atoms with Crippen LogP contribution < -0.4 is 0 Å².